The van der Waals surface area contributed by atoms with Crippen molar-refractivity contribution in [3.63, 3.8) is 0 Å². The second kappa shape index (κ2) is 10.4. The number of hydrogen-bond acceptors (Lipinski definition) is 4. The fourth-order valence-electron chi connectivity index (χ4n) is 4.49. The Labute approximate surface area is 198 Å². The number of carbonyl (C=O) groups is 1. The summed E-state index contributed by atoms with van der Waals surface area (Å²) in [5.41, 5.74) is 2.74. The number of ether oxygens (including phenoxy) is 1. The van der Waals surface area contributed by atoms with Gasteiger partial charge in [-0.3, -0.25) is 4.90 Å². The average Bonchev–Trinajstić information content (AvgIpc) is 3.04. The van der Waals surface area contributed by atoms with E-state index in [0.29, 0.717) is 11.4 Å². The second-order valence-electron chi connectivity index (χ2n) is 10.2. The molecular formula is C27H39N3O3. The standard InChI is InChI=1S/C27H39N3O3/c1-27(2,3)23-17-22(33-6)18-24(25(23)31)28-26(32)30(20-11-9-7-8-10-12-20)21-15-13-19(14-16-21)29(4)5/h13-18,20,31H,7-12H2,1-6H3,(H,28,32). The Hall–Kier alpha value is -2.89. The first-order valence-electron chi connectivity index (χ1n) is 11.9. The van der Waals surface area contributed by atoms with Crippen molar-refractivity contribution in [3.8, 4) is 11.5 Å². The number of phenolic OH excluding ortho intramolecular Hbond substituents is 1. The van der Waals surface area contributed by atoms with Gasteiger partial charge in [0.15, 0.2) is 0 Å². The van der Waals surface area contributed by atoms with Crippen LogP contribution in [0.3, 0.4) is 0 Å². The highest BCUT2D eigenvalue weighted by atomic mass is 16.5. The fraction of sp³-hybridized carbons (Fsp3) is 0.519. The molecule has 0 unspecified atom stereocenters. The fourth-order valence-corrected chi connectivity index (χ4v) is 4.49. The minimum absolute atomic E-state index is 0.0837. The first kappa shape index (κ1) is 24.7. The maximum Gasteiger partial charge on any atom is 0.326 e. The van der Waals surface area contributed by atoms with E-state index in [9.17, 15) is 9.90 Å². The molecule has 0 radical (unpaired) electrons. The van der Waals surface area contributed by atoms with Gasteiger partial charge in [-0.25, -0.2) is 4.79 Å². The van der Waals surface area contributed by atoms with Crippen LogP contribution in [0.4, 0.5) is 21.9 Å². The van der Waals surface area contributed by atoms with E-state index >= 15 is 0 Å². The van der Waals surface area contributed by atoms with Crippen molar-refractivity contribution < 1.29 is 14.6 Å². The van der Waals surface area contributed by atoms with Gasteiger partial charge in [-0.05, 0) is 48.6 Å². The summed E-state index contributed by atoms with van der Waals surface area (Å²) < 4.78 is 5.46. The highest BCUT2D eigenvalue weighted by molar-refractivity contribution is 6.03. The molecule has 2 amide bonds. The molecule has 2 N–H and O–H groups in total. The molecule has 33 heavy (non-hydrogen) atoms. The van der Waals surface area contributed by atoms with Gasteiger partial charge in [-0.15, -0.1) is 0 Å². The van der Waals surface area contributed by atoms with Crippen LogP contribution in [0, 0.1) is 0 Å². The van der Waals surface area contributed by atoms with Crippen LogP contribution in [0.5, 0.6) is 11.5 Å². The zero-order valence-electron chi connectivity index (χ0n) is 20.9. The molecule has 0 saturated heterocycles. The minimum Gasteiger partial charge on any atom is -0.505 e. The van der Waals surface area contributed by atoms with Crippen LogP contribution in [0.2, 0.25) is 0 Å². The molecule has 0 aromatic heterocycles. The molecule has 180 valence electrons. The third kappa shape index (κ3) is 5.92. The molecule has 0 heterocycles. The van der Waals surface area contributed by atoms with E-state index in [-0.39, 0.29) is 23.2 Å². The summed E-state index contributed by atoms with van der Waals surface area (Å²) in [7, 11) is 5.60. The number of nitrogens with zero attached hydrogens (tertiary/aromatic N) is 2. The van der Waals surface area contributed by atoms with E-state index in [4.69, 9.17) is 4.74 Å². The summed E-state index contributed by atoms with van der Waals surface area (Å²) >= 11 is 0. The Balaban J connectivity index is 1.98. The van der Waals surface area contributed by atoms with E-state index in [1.165, 1.54) is 12.8 Å². The topological polar surface area (TPSA) is 65.0 Å². The lowest BCUT2D eigenvalue weighted by atomic mass is 9.85. The zero-order valence-corrected chi connectivity index (χ0v) is 20.9. The van der Waals surface area contributed by atoms with E-state index < -0.39 is 0 Å². The van der Waals surface area contributed by atoms with E-state index in [1.54, 1.807) is 13.2 Å². The Bertz CT molecular complexity index is 940. The number of rotatable bonds is 5. The minimum atomic E-state index is -0.304. The van der Waals surface area contributed by atoms with E-state index in [0.717, 1.165) is 42.6 Å². The van der Waals surface area contributed by atoms with Gasteiger partial charge in [0.2, 0.25) is 0 Å². The number of nitrogens with one attached hydrogen (secondary N) is 1. The van der Waals surface area contributed by atoms with Gasteiger partial charge >= 0.3 is 6.03 Å². The van der Waals surface area contributed by atoms with Gasteiger partial charge in [-0.1, -0.05) is 46.5 Å². The smallest absolute Gasteiger partial charge is 0.326 e. The number of aromatic hydroxyl groups is 1. The number of phenols is 1. The van der Waals surface area contributed by atoms with Crippen molar-refractivity contribution in [1.82, 2.24) is 0 Å². The maximum absolute atomic E-state index is 13.7. The Morgan fingerprint density at radius 3 is 2.09 bits per heavy atom. The monoisotopic (exact) mass is 453 g/mol. The summed E-state index contributed by atoms with van der Waals surface area (Å²) in [5.74, 6) is 0.685. The first-order chi connectivity index (χ1) is 15.6. The molecule has 0 aliphatic heterocycles. The number of carbonyl (C=O) groups excluding carboxylic acids is 1. The largest absolute Gasteiger partial charge is 0.505 e. The third-order valence-corrected chi connectivity index (χ3v) is 6.42. The lowest BCUT2D eigenvalue weighted by Gasteiger charge is -2.32. The number of methoxy groups -OCH3 is 1. The van der Waals surface area contributed by atoms with Crippen molar-refractivity contribution in [2.45, 2.75) is 70.8 Å². The third-order valence-electron chi connectivity index (χ3n) is 6.42. The normalized spacial score (nSPS) is 15.0. The molecular weight excluding hydrogens is 414 g/mol. The first-order valence-corrected chi connectivity index (χ1v) is 11.9. The number of anilines is 3. The van der Waals surface area contributed by atoms with Gasteiger partial charge in [-0.2, -0.15) is 0 Å². The van der Waals surface area contributed by atoms with Gasteiger partial charge in [0.1, 0.15) is 11.5 Å². The molecule has 1 aliphatic rings. The molecule has 2 aromatic carbocycles. The number of urea groups is 1. The van der Waals surface area contributed by atoms with Crippen LogP contribution in [-0.4, -0.2) is 38.4 Å². The molecule has 1 saturated carbocycles. The molecule has 6 nitrogen and oxygen atoms in total. The number of amides is 2. The maximum atomic E-state index is 13.7. The lowest BCUT2D eigenvalue weighted by Crippen LogP contribution is -2.43. The van der Waals surface area contributed by atoms with Crippen molar-refractivity contribution in [1.29, 1.82) is 0 Å². The summed E-state index contributed by atoms with van der Waals surface area (Å²) in [5, 5.41) is 14.0. The summed E-state index contributed by atoms with van der Waals surface area (Å²) in [6, 6.07) is 11.5. The van der Waals surface area contributed by atoms with Crippen LogP contribution in [0.25, 0.3) is 0 Å². The van der Waals surface area contributed by atoms with Crippen molar-refractivity contribution in [2.24, 2.45) is 0 Å². The lowest BCUT2D eigenvalue weighted by molar-refractivity contribution is 0.253. The van der Waals surface area contributed by atoms with Crippen LogP contribution in [0.15, 0.2) is 36.4 Å². The average molecular weight is 454 g/mol. The molecule has 2 aromatic rings. The Morgan fingerprint density at radius 1 is 1.00 bits per heavy atom. The highest BCUT2D eigenvalue weighted by Crippen LogP contribution is 2.40. The Kier molecular flexibility index (Phi) is 7.77. The summed E-state index contributed by atoms with van der Waals surface area (Å²) in [4.78, 5) is 17.6. The van der Waals surface area contributed by atoms with Crippen molar-refractivity contribution in [2.75, 3.05) is 36.3 Å². The quantitative estimate of drug-likeness (QED) is 0.399. The molecule has 0 bridgehead atoms. The number of hydrogen-bond donors (Lipinski definition) is 2. The molecule has 6 heteroatoms. The number of benzene rings is 2. The van der Waals surface area contributed by atoms with Crippen LogP contribution in [0.1, 0.15) is 64.9 Å². The molecule has 1 fully saturated rings. The van der Waals surface area contributed by atoms with E-state index in [2.05, 4.69) is 5.32 Å². The van der Waals surface area contributed by atoms with Crippen molar-refractivity contribution in [3.05, 3.63) is 42.0 Å². The summed E-state index contributed by atoms with van der Waals surface area (Å²) in [6.45, 7) is 6.08. The van der Waals surface area contributed by atoms with Crippen molar-refractivity contribution >= 4 is 23.1 Å². The molecule has 0 atom stereocenters. The zero-order chi connectivity index (χ0) is 24.2. The molecule has 1 aliphatic carbocycles. The van der Waals surface area contributed by atoms with Gasteiger partial charge in [0.05, 0.1) is 12.8 Å². The van der Waals surface area contributed by atoms with E-state index in [1.807, 2.05) is 75.0 Å². The predicted octanol–water partition coefficient (Wildman–Crippen LogP) is 6.53. The highest BCUT2D eigenvalue weighted by Gasteiger charge is 2.28. The molecule has 3 rings (SSSR count). The van der Waals surface area contributed by atoms with Crippen LogP contribution < -0.4 is 19.9 Å². The van der Waals surface area contributed by atoms with Gasteiger partial charge in [0, 0.05) is 43.1 Å². The summed E-state index contributed by atoms with van der Waals surface area (Å²) in [6.07, 6.45) is 6.58. The predicted molar refractivity (Wildman–Crippen MR) is 137 cm³/mol. The Morgan fingerprint density at radius 2 is 1.58 bits per heavy atom. The molecule has 0 spiro atoms. The SMILES string of the molecule is COc1cc(NC(=O)N(c2ccc(N(C)C)cc2)C2CCCCCC2)c(O)c(C(C)(C)C)c1. The van der Waals surface area contributed by atoms with Gasteiger partial charge in [0.25, 0.3) is 0 Å². The second-order valence-corrected chi connectivity index (χ2v) is 10.2. The van der Waals surface area contributed by atoms with Crippen LogP contribution >= 0.6 is 0 Å². The van der Waals surface area contributed by atoms with Gasteiger partial charge < -0.3 is 20.1 Å². The van der Waals surface area contributed by atoms with Crippen LogP contribution in [-0.2, 0) is 5.41 Å².